The molecule has 0 aliphatic rings. The van der Waals surface area contributed by atoms with Crippen molar-refractivity contribution in [1.29, 1.82) is 0 Å². The molecule has 0 saturated heterocycles. The largest absolute Gasteiger partial charge is 0.269 e. The van der Waals surface area contributed by atoms with Crippen LogP contribution in [-0.2, 0) is 6.42 Å². The molecule has 0 N–H and O–H groups in total. The number of nitrogens with zero attached hydrogens (tertiary/aromatic N) is 8. The predicted molar refractivity (Wildman–Crippen MR) is 273 cm³/mol. The molecule has 0 aromatic heterocycles. The first kappa shape index (κ1) is 56.8. The van der Waals surface area contributed by atoms with Crippen LogP contribution in [0.1, 0.15) is 31.9 Å². The summed E-state index contributed by atoms with van der Waals surface area (Å²) in [5, 5.41) is 10.2. The van der Waals surface area contributed by atoms with Crippen molar-refractivity contribution >= 4 is 80.7 Å². The standard InChI is InChI=1S/C11H13N.C9H5FN2.C9H9N.C8H6FN.C8H6N2O2.C8H7N.CH4/c1-3-6-10-7-5-8-11(9-10)12-4-2;1-3-12-9-5-7(10)4-8(6-9)11-2;1-3-10-9-6-4-5-8(2)7-9;1-2-10-8-5-3-4-7(9)6-8;1-2-9-7-3-5-8(6-4-7)10(11)12;1-2-9-8-6-4-3-5-7-8;/h5,7-9H,2-3,6H2,1H3;4-6H,1H2;4-7H,1H2,2H3;3-6H,1H2;3-6H,1H2;3-7H,1H2;1H4. The van der Waals surface area contributed by atoms with E-state index in [9.17, 15) is 18.9 Å². The van der Waals surface area contributed by atoms with E-state index < -0.39 is 10.7 Å². The highest BCUT2D eigenvalue weighted by Crippen LogP contribution is 2.22. The Morgan fingerprint density at radius 2 is 0.985 bits per heavy atom. The number of aryl methyl sites for hydroxylation is 2. The van der Waals surface area contributed by atoms with Gasteiger partial charge in [0.05, 0.1) is 45.6 Å². The summed E-state index contributed by atoms with van der Waals surface area (Å²) in [6.45, 7) is 30.9. The van der Waals surface area contributed by atoms with Gasteiger partial charge in [0.25, 0.3) is 5.69 Å². The highest BCUT2D eigenvalue weighted by atomic mass is 19.1. The second kappa shape index (κ2) is 35.4. The van der Waals surface area contributed by atoms with Crippen LogP contribution in [-0.4, -0.2) is 40.1 Å². The van der Waals surface area contributed by atoms with Crippen LogP contribution in [0, 0.1) is 35.2 Å². The Morgan fingerprint density at radius 1 is 0.545 bits per heavy atom. The van der Waals surface area contributed by atoms with E-state index in [4.69, 9.17) is 6.57 Å². The van der Waals surface area contributed by atoms with E-state index >= 15 is 0 Å². The lowest BCUT2D eigenvalue weighted by Gasteiger charge is -1.97. The van der Waals surface area contributed by atoms with Crippen LogP contribution >= 0.6 is 0 Å². The highest BCUT2D eigenvalue weighted by Gasteiger charge is 2.02. The van der Waals surface area contributed by atoms with Crippen molar-refractivity contribution in [3.63, 3.8) is 0 Å². The molecule has 0 saturated carbocycles. The Kier molecular flexibility index (Phi) is 30.4. The summed E-state index contributed by atoms with van der Waals surface area (Å²) in [6.07, 6.45) is 2.28. The molecule has 0 bridgehead atoms. The van der Waals surface area contributed by atoms with Gasteiger partial charge in [-0.05, 0) is 178 Å². The number of hydrogen-bond acceptors (Lipinski definition) is 8. The van der Waals surface area contributed by atoms with E-state index in [1.165, 1.54) is 66.1 Å². The molecule has 6 aromatic rings. The van der Waals surface area contributed by atoms with Crippen LogP contribution in [0.25, 0.3) is 4.85 Å². The molecule has 0 aliphatic carbocycles. The zero-order valence-electron chi connectivity index (χ0n) is 36.2. The van der Waals surface area contributed by atoms with Crippen molar-refractivity contribution in [2.24, 2.45) is 30.0 Å². The molecule has 0 fully saturated rings. The molecule has 0 unspecified atom stereocenters. The Balaban J connectivity index is 0.000000768. The van der Waals surface area contributed by atoms with E-state index in [-0.39, 0.29) is 24.6 Å². The Morgan fingerprint density at radius 3 is 1.47 bits per heavy atom. The third kappa shape index (κ3) is 26.2. The van der Waals surface area contributed by atoms with Gasteiger partial charge in [-0.25, -0.2) is 43.6 Å². The minimum atomic E-state index is -0.475. The fraction of sp³-hybridized carbons (Fsp3) is 0.0926. The number of rotatable bonds is 9. The first-order chi connectivity index (χ1) is 31.4. The molecule has 6 aromatic carbocycles. The zero-order chi connectivity index (χ0) is 48.1. The fourth-order valence-electron chi connectivity index (χ4n) is 4.70. The van der Waals surface area contributed by atoms with Crippen molar-refractivity contribution in [3.05, 3.63) is 229 Å². The average Bonchev–Trinajstić information content (AvgIpc) is 3.29. The maximum atomic E-state index is 12.7. The molecular formula is C54H50F2N8O2. The van der Waals surface area contributed by atoms with Gasteiger partial charge in [0.15, 0.2) is 5.69 Å². The monoisotopic (exact) mass is 880 g/mol. The van der Waals surface area contributed by atoms with Gasteiger partial charge in [-0.1, -0.05) is 69.3 Å². The molecule has 6 rings (SSSR count). The minimum Gasteiger partial charge on any atom is -0.258 e. The van der Waals surface area contributed by atoms with E-state index in [1.807, 2.05) is 73.7 Å². The first-order valence-corrected chi connectivity index (χ1v) is 19.2. The maximum Gasteiger partial charge on any atom is 0.269 e. The molecule has 10 nitrogen and oxygen atoms in total. The highest BCUT2D eigenvalue weighted by molar-refractivity contribution is 5.61. The molecule has 66 heavy (non-hydrogen) atoms. The summed E-state index contributed by atoms with van der Waals surface area (Å²) in [4.78, 5) is 35.6. The van der Waals surface area contributed by atoms with Crippen LogP contribution in [0.3, 0.4) is 0 Å². The van der Waals surface area contributed by atoms with Gasteiger partial charge >= 0.3 is 0 Å². The Bertz CT molecular complexity index is 2700. The topological polar surface area (TPSA) is 122 Å². The molecular weight excluding hydrogens is 831 g/mol. The van der Waals surface area contributed by atoms with Gasteiger partial charge in [0.1, 0.15) is 11.6 Å². The van der Waals surface area contributed by atoms with Crippen LogP contribution < -0.4 is 0 Å². The molecule has 12 heteroatoms. The Labute approximate surface area is 386 Å². The smallest absolute Gasteiger partial charge is 0.258 e. The lowest BCUT2D eigenvalue weighted by atomic mass is 10.1. The van der Waals surface area contributed by atoms with Crippen molar-refractivity contribution < 1.29 is 13.7 Å². The van der Waals surface area contributed by atoms with Crippen LogP contribution in [0.5, 0.6) is 0 Å². The molecule has 0 amide bonds. The van der Waals surface area contributed by atoms with Gasteiger partial charge in [0, 0.05) is 18.2 Å². The number of hydrogen-bond donors (Lipinski definition) is 0. The van der Waals surface area contributed by atoms with Crippen molar-refractivity contribution in [2.45, 2.75) is 34.1 Å². The van der Waals surface area contributed by atoms with Gasteiger partial charge in [-0.3, -0.25) is 10.1 Å². The number of aliphatic imine (C=N–C) groups is 6. The predicted octanol–water partition coefficient (Wildman–Crippen LogP) is 15.7. The summed E-state index contributed by atoms with van der Waals surface area (Å²) in [6, 6.07) is 41.3. The lowest BCUT2D eigenvalue weighted by Crippen LogP contribution is -1.85. The van der Waals surface area contributed by atoms with Crippen LogP contribution in [0.4, 0.5) is 54.3 Å². The quantitative estimate of drug-likeness (QED) is 0.0621. The van der Waals surface area contributed by atoms with E-state index in [0.29, 0.717) is 17.1 Å². The van der Waals surface area contributed by atoms with E-state index in [2.05, 4.69) is 129 Å². The van der Waals surface area contributed by atoms with Gasteiger partial charge in [0.2, 0.25) is 0 Å². The number of para-hydroxylation sites is 1. The molecule has 0 heterocycles. The number of non-ortho nitro benzene ring substituents is 1. The number of halogens is 2. The number of nitro groups is 1. The van der Waals surface area contributed by atoms with E-state index in [1.54, 1.807) is 12.1 Å². The van der Waals surface area contributed by atoms with Crippen molar-refractivity contribution in [1.82, 2.24) is 0 Å². The van der Waals surface area contributed by atoms with Gasteiger partial charge in [-0.2, -0.15) is 0 Å². The lowest BCUT2D eigenvalue weighted by molar-refractivity contribution is -0.384. The summed E-state index contributed by atoms with van der Waals surface area (Å²) in [5.74, 6) is 13.6. The summed E-state index contributed by atoms with van der Waals surface area (Å²) < 4.78 is 25.1. The van der Waals surface area contributed by atoms with Crippen LogP contribution in [0.2, 0.25) is 0 Å². The third-order valence-electron chi connectivity index (χ3n) is 7.32. The number of benzene rings is 6. The third-order valence-corrected chi connectivity index (χ3v) is 7.32. The SMILES string of the molecule is C.C=C=Nc1ccc([N+](=O)[O-])cc1.C=C=Nc1cccc(C)c1.C=C=Nc1cccc(CCC)c1.C=C=Nc1cccc(F)c1.C=C=Nc1ccccc1.[C-]#[N+]c1cc(F)cc(N=C=C)c1. The zero-order valence-corrected chi connectivity index (χ0v) is 36.2. The molecule has 0 radical (unpaired) electrons. The van der Waals surface area contributed by atoms with Crippen molar-refractivity contribution in [3.8, 4) is 0 Å². The normalized spacial score (nSPS) is 8.41. The second-order valence-electron chi connectivity index (χ2n) is 12.2. The van der Waals surface area contributed by atoms with Gasteiger partial charge < -0.3 is 0 Å². The maximum absolute atomic E-state index is 12.7. The molecule has 0 spiro atoms. The van der Waals surface area contributed by atoms with Gasteiger partial charge in [-0.15, -0.1) is 0 Å². The summed E-state index contributed by atoms with van der Waals surface area (Å²) in [5.41, 5.74) is 7.06. The van der Waals surface area contributed by atoms with E-state index in [0.717, 1.165) is 29.5 Å². The molecule has 332 valence electrons. The summed E-state index contributed by atoms with van der Waals surface area (Å²) in [7, 11) is 0. The fourth-order valence-corrected chi connectivity index (χ4v) is 4.70. The first-order valence-electron chi connectivity index (χ1n) is 19.2. The molecule has 0 atom stereocenters. The second-order valence-corrected chi connectivity index (χ2v) is 12.2. The molecule has 0 aliphatic heterocycles. The minimum absolute atomic E-state index is 0. The van der Waals surface area contributed by atoms with Crippen LogP contribution in [0.15, 0.2) is 215 Å². The number of nitro benzene ring substituents is 1. The van der Waals surface area contributed by atoms with Crippen molar-refractivity contribution in [2.75, 3.05) is 0 Å². The summed E-state index contributed by atoms with van der Waals surface area (Å²) >= 11 is 0. The average molecular weight is 881 g/mol. The Hall–Kier alpha value is -9.23.